The van der Waals surface area contributed by atoms with E-state index in [9.17, 15) is 9.59 Å². The molecule has 2 aromatic rings. The highest BCUT2D eigenvalue weighted by Crippen LogP contribution is 2.17. The Morgan fingerprint density at radius 1 is 1.04 bits per heavy atom. The third-order valence-electron chi connectivity index (χ3n) is 3.63. The molecule has 0 saturated carbocycles. The summed E-state index contributed by atoms with van der Waals surface area (Å²) in [6.07, 6.45) is 1.48. The van der Waals surface area contributed by atoms with Crippen molar-refractivity contribution in [2.45, 2.75) is 19.9 Å². The first-order valence-corrected chi connectivity index (χ1v) is 7.84. The molecule has 0 saturated heterocycles. The van der Waals surface area contributed by atoms with Crippen molar-refractivity contribution in [1.82, 2.24) is 10.7 Å². The Morgan fingerprint density at radius 3 is 2.28 bits per heavy atom. The van der Waals surface area contributed by atoms with Gasteiger partial charge in [0.05, 0.1) is 19.4 Å². The maximum atomic E-state index is 11.9. The number of rotatable bonds is 5. The Balaban J connectivity index is 1.86. The minimum atomic E-state index is -0.816. The fourth-order valence-electron chi connectivity index (χ4n) is 2.11. The normalized spacial score (nSPS) is 11.8. The lowest BCUT2D eigenvalue weighted by Crippen LogP contribution is -2.39. The minimum Gasteiger partial charge on any atom is -0.497 e. The van der Waals surface area contributed by atoms with Crippen molar-refractivity contribution in [1.29, 1.82) is 0 Å². The van der Waals surface area contributed by atoms with Gasteiger partial charge in [0.15, 0.2) is 0 Å². The van der Waals surface area contributed by atoms with E-state index in [2.05, 4.69) is 15.8 Å². The van der Waals surface area contributed by atoms with E-state index in [1.54, 1.807) is 26.2 Å². The number of hydrogen-bond acceptors (Lipinski definition) is 4. The Kier molecular flexibility index (Phi) is 6.28. The number of ether oxygens (including phenoxy) is 1. The lowest BCUT2D eigenvalue weighted by atomic mass is 10.1. The van der Waals surface area contributed by atoms with Crippen molar-refractivity contribution in [2.24, 2.45) is 5.10 Å². The largest absolute Gasteiger partial charge is 0.497 e. The van der Waals surface area contributed by atoms with E-state index >= 15 is 0 Å². The van der Waals surface area contributed by atoms with Crippen LogP contribution in [0.5, 0.6) is 5.75 Å². The van der Waals surface area contributed by atoms with Gasteiger partial charge >= 0.3 is 11.8 Å². The maximum absolute atomic E-state index is 11.9. The summed E-state index contributed by atoms with van der Waals surface area (Å²) in [4.78, 5) is 23.7. The van der Waals surface area contributed by atoms with Gasteiger partial charge in [-0.25, -0.2) is 5.43 Å². The molecule has 130 valence electrons. The molecule has 0 aliphatic rings. The molecule has 2 aromatic carbocycles. The van der Waals surface area contributed by atoms with Gasteiger partial charge in [-0.05, 0) is 37.1 Å². The monoisotopic (exact) mass is 339 g/mol. The Labute approximate surface area is 146 Å². The van der Waals surface area contributed by atoms with Gasteiger partial charge in [0.1, 0.15) is 5.75 Å². The SMILES string of the molecule is COc1ccc([C@H](C)NC(=O)C(=O)N/N=C\c2ccc(C)cc2)cc1. The van der Waals surface area contributed by atoms with Crippen LogP contribution in [0.3, 0.4) is 0 Å². The first-order valence-electron chi connectivity index (χ1n) is 7.84. The second-order valence-corrected chi connectivity index (χ2v) is 5.58. The number of aryl methyl sites for hydroxylation is 1. The zero-order valence-electron chi connectivity index (χ0n) is 14.4. The molecule has 0 unspecified atom stereocenters. The molecule has 2 rings (SSSR count). The summed E-state index contributed by atoms with van der Waals surface area (Å²) < 4.78 is 5.09. The molecule has 0 aliphatic heterocycles. The van der Waals surface area contributed by atoms with Gasteiger partial charge in [-0.2, -0.15) is 5.10 Å². The molecule has 0 spiro atoms. The predicted octanol–water partition coefficient (Wildman–Crippen LogP) is 2.33. The fraction of sp³-hybridized carbons (Fsp3) is 0.211. The van der Waals surface area contributed by atoms with Gasteiger partial charge in [-0.1, -0.05) is 42.0 Å². The molecule has 2 amide bonds. The van der Waals surface area contributed by atoms with Crippen LogP contribution in [0.25, 0.3) is 0 Å². The van der Waals surface area contributed by atoms with Gasteiger partial charge in [-0.3, -0.25) is 9.59 Å². The first kappa shape index (κ1) is 18.2. The van der Waals surface area contributed by atoms with Gasteiger partial charge in [0.25, 0.3) is 0 Å². The number of carbonyl (C=O) groups is 2. The molecule has 0 heterocycles. The Bertz CT molecular complexity index is 752. The van der Waals surface area contributed by atoms with Crippen molar-refractivity contribution in [3.05, 3.63) is 65.2 Å². The zero-order chi connectivity index (χ0) is 18.2. The van der Waals surface area contributed by atoms with Crippen molar-refractivity contribution in [3.63, 3.8) is 0 Å². The van der Waals surface area contributed by atoms with Gasteiger partial charge in [-0.15, -0.1) is 0 Å². The van der Waals surface area contributed by atoms with Crippen LogP contribution in [0, 0.1) is 6.92 Å². The third-order valence-corrected chi connectivity index (χ3v) is 3.63. The maximum Gasteiger partial charge on any atom is 0.329 e. The molecule has 25 heavy (non-hydrogen) atoms. The average Bonchev–Trinajstić information content (AvgIpc) is 2.63. The highest BCUT2D eigenvalue weighted by Gasteiger charge is 2.16. The van der Waals surface area contributed by atoms with Crippen LogP contribution in [-0.4, -0.2) is 25.1 Å². The van der Waals surface area contributed by atoms with Crippen LogP contribution in [0.2, 0.25) is 0 Å². The average molecular weight is 339 g/mol. The molecule has 6 heteroatoms. The number of amides is 2. The number of nitrogens with one attached hydrogen (secondary N) is 2. The Hall–Kier alpha value is -3.15. The fourth-order valence-corrected chi connectivity index (χ4v) is 2.11. The van der Waals surface area contributed by atoms with E-state index in [1.165, 1.54) is 6.21 Å². The highest BCUT2D eigenvalue weighted by molar-refractivity contribution is 6.35. The van der Waals surface area contributed by atoms with Crippen LogP contribution in [-0.2, 0) is 9.59 Å². The number of nitrogens with zero attached hydrogens (tertiary/aromatic N) is 1. The summed E-state index contributed by atoms with van der Waals surface area (Å²) in [5.74, 6) is -0.835. The van der Waals surface area contributed by atoms with Crippen LogP contribution in [0.1, 0.15) is 29.7 Å². The van der Waals surface area contributed by atoms with E-state index in [1.807, 2.05) is 43.3 Å². The lowest BCUT2D eigenvalue weighted by Gasteiger charge is -2.13. The van der Waals surface area contributed by atoms with Gasteiger partial charge < -0.3 is 10.1 Å². The lowest BCUT2D eigenvalue weighted by molar-refractivity contribution is -0.139. The molecule has 0 aromatic heterocycles. The number of methoxy groups -OCH3 is 1. The van der Waals surface area contributed by atoms with Gasteiger partial charge in [0, 0.05) is 0 Å². The molecule has 0 radical (unpaired) electrons. The summed E-state index contributed by atoms with van der Waals surface area (Å²) >= 11 is 0. The van der Waals surface area contributed by atoms with Crippen molar-refractivity contribution in [3.8, 4) is 5.75 Å². The quantitative estimate of drug-likeness (QED) is 0.498. The van der Waals surface area contributed by atoms with E-state index in [0.717, 1.165) is 22.4 Å². The Morgan fingerprint density at radius 2 is 1.68 bits per heavy atom. The van der Waals surface area contributed by atoms with Crippen LogP contribution < -0.4 is 15.5 Å². The summed E-state index contributed by atoms with van der Waals surface area (Å²) in [6, 6.07) is 14.6. The number of carbonyl (C=O) groups excluding carboxylic acids is 2. The second-order valence-electron chi connectivity index (χ2n) is 5.58. The highest BCUT2D eigenvalue weighted by atomic mass is 16.5. The molecule has 0 aliphatic carbocycles. The molecule has 0 bridgehead atoms. The molecular formula is C19H21N3O3. The molecule has 2 N–H and O–H groups in total. The zero-order valence-corrected chi connectivity index (χ0v) is 14.4. The van der Waals surface area contributed by atoms with Crippen molar-refractivity contribution >= 4 is 18.0 Å². The van der Waals surface area contributed by atoms with Crippen LogP contribution in [0.15, 0.2) is 53.6 Å². The van der Waals surface area contributed by atoms with Crippen molar-refractivity contribution in [2.75, 3.05) is 7.11 Å². The van der Waals surface area contributed by atoms with Gasteiger partial charge in [0.2, 0.25) is 0 Å². The van der Waals surface area contributed by atoms with E-state index in [-0.39, 0.29) is 6.04 Å². The summed E-state index contributed by atoms with van der Waals surface area (Å²) in [7, 11) is 1.58. The van der Waals surface area contributed by atoms with E-state index in [0.29, 0.717) is 0 Å². The van der Waals surface area contributed by atoms with Crippen LogP contribution in [0.4, 0.5) is 0 Å². The summed E-state index contributed by atoms with van der Waals surface area (Å²) in [5.41, 5.74) is 5.05. The predicted molar refractivity (Wildman–Crippen MR) is 96.5 cm³/mol. The summed E-state index contributed by atoms with van der Waals surface area (Å²) in [5, 5.41) is 6.42. The third kappa shape index (κ3) is 5.46. The second kappa shape index (κ2) is 8.63. The molecule has 1 atom stereocenters. The standard InChI is InChI=1S/C19H21N3O3/c1-13-4-6-15(7-5-13)12-20-22-19(24)18(23)21-14(2)16-8-10-17(25-3)11-9-16/h4-12,14H,1-3H3,(H,21,23)(H,22,24)/b20-12-/t14-/m0/s1. The number of hydrazone groups is 1. The number of benzene rings is 2. The smallest absolute Gasteiger partial charge is 0.329 e. The number of hydrogen-bond donors (Lipinski definition) is 2. The molecule has 0 fully saturated rings. The van der Waals surface area contributed by atoms with E-state index in [4.69, 9.17) is 4.74 Å². The minimum absolute atomic E-state index is 0.315. The van der Waals surface area contributed by atoms with Crippen molar-refractivity contribution < 1.29 is 14.3 Å². The topological polar surface area (TPSA) is 79.8 Å². The molecular weight excluding hydrogens is 318 g/mol. The van der Waals surface area contributed by atoms with Crippen LogP contribution >= 0.6 is 0 Å². The van der Waals surface area contributed by atoms with E-state index < -0.39 is 11.8 Å². The molecule has 6 nitrogen and oxygen atoms in total. The summed E-state index contributed by atoms with van der Waals surface area (Å²) in [6.45, 7) is 3.78. The first-order chi connectivity index (χ1) is 12.0.